The van der Waals surface area contributed by atoms with Gasteiger partial charge in [-0.15, -0.1) is 0 Å². The number of nitrogens with zero attached hydrogens (tertiary/aromatic N) is 1. The molecule has 1 aliphatic heterocycles. The average Bonchev–Trinajstić information content (AvgIpc) is 2.24. The summed E-state index contributed by atoms with van der Waals surface area (Å²) in [4.78, 5) is 12.3. The minimum atomic E-state index is -4.72. The van der Waals surface area contributed by atoms with Gasteiger partial charge in [-0.25, -0.2) is 0 Å². The maximum absolute atomic E-state index is 12.6. The third kappa shape index (κ3) is 3.84. The number of rotatable bonds is 4. The Morgan fingerprint density at radius 1 is 1.56 bits per heavy atom. The minimum absolute atomic E-state index is 0.148. The van der Waals surface area contributed by atoms with Crippen LogP contribution in [0.4, 0.5) is 13.2 Å². The van der Waals surface area contributed by atoms with Gasteiger partial charge >= 0.3 is 12.1 Å². The number of morpholine rings is 1. The second kappa shape index (κ2) is 5.88. The van der Waals surface area contributed by atoms with Crippen molar-refractivity contribution in [1.29, 1.82) is 0 Å². The average molecular weight is 269 g/mol. The first kappa shape index (κ1) is 15.2. The molecule has 0 aromatic carbocycles. The Bertz CT molecular complexity index is 296. The SMILES string of the molecule is CCC1COC(C)CN1CC(C(=O)O)C(F)(F)F. The normalized spacial score (nSPS) is 28.1. The summed E-state index contributed by atoms with van der Waals surface area (Å²) in [5, 5.41) is 8.69. The first-order valence-corrected chi connectivity index (χ1v) is 5.90. The van der Waals surface area contributed by atoms with Gasteiger partial charge in [0.1, 0.15) is 0 Å². The van der Waals surface area contributed by atoms with Crippen LogP contribution in [0.1, 0.15) is 20.3 Å². The third-order valence-corrected chi connectivity index (χ3v) is 3.16. The van der Waals surface area contributed by atoms with E-state index in [0.717, 1.165) is 0 Å². The zero-order valence-corrected chi connectivity index (χ0v) is 10.4. The van der Waals surface area contributed by atoms with E-state index in [0.29, 0.717) is 19.6 Å². The molecule has 0 radical (unpaired) electrons. The Morgan fingerprint density at radius 2 is 2.17 bits per heavy atom. The Hall–Kier alpha value is -0.820. The van der Waals surface area contributed by atoms with E-state index in [1.54, 1.807) is 11.8 Å². The second-order valence-electron chi connectivity index (χ2n) is 4.59. The Balaban J connectivity index is 2.74. The van der Waals surface area contributed by atoms with Crippen LogP contribution >= 0.6 is 0 Å². The van der Waals surface area contributed by atoms with E-state index in [2.05, 4.69) is 0 Å². The van der Waals surface area contributed by atoms with Crippen molar-refractivity contribution >= 4 is 5.97 Å². The van der Waals surface area contributed by atoms with E-state index in [1.807, 2.05) is 6.92 Å². The minimum Gasteiger partial charge on any atom is -0.481 e. The monoisotopic (exact) mass is 269 g/mol. The van der Waals surface area contributed by atoms with Crippen LogP contribution < -0.4 is 0 Å². The lowest BCUT2D eigenvalue weighted by Crippen LogP contribution is -2.52. The first-order valence-electron chi connectivity index (χ1n) is 5.90. The number of aliphatic carboxylic acids is 1. The molecule has 0 saturated carbocycles. The van der Waals surface area contributed by atoms with Crippen LogP contribution in [0.3, 0.4) is 0 Å². The van der Waals surface area contributed by atoms with Crippen LogP contribution in [-0.4, -0.2) is 54.0 Å². The van der Waals surface area contributed by atoms with E-state index < -0.39 is 24.6 Å². The maximum Gasteiger partial charge on any atom is 0.403 e. The van der Waals surface area contributed by atoms with E-state index in [1.165, 1.54) is 0 Å². The molecule has 1 aliphatic rings. The van der Waals surface area contributed by atoms with Crippen LogP contribution in [0.2, 0.25) is 0 Å². The number of hydrogen-bond acceptors (Lipinski definition) is 3. The molecule has 0 spiro atoms. The quantitative estimate of drug-likeness (QED) is 0.844. The molecule has 0 aliphatic carbocycles. The van der Waals surface area contributed by atoms with E-state index >= 15 is 0 Å². The molecular weight excluding hydrogens is 251 g/mol. The van der Waals surface area contributed by atoms with Crippen LogP contribution in [-0.2, 0) is 9.53 Å². The van der Waals surface area contributed by atoms with Crippen molar-refractivity contribution in [3.63, 3.8) is 0 Å². The van der Waals surface area contributed by atoms with Gasteiger partial charge in [-0.1, -0.05) is 6.92 Å². The molecule has 4 nitrogen and oxygen atoms in total. The van der Waals surface area contributed by atoms with Gasteiger partial charge in [0.2, 0.25) is 0 Å². The molecule has 1 rings (SSSR count). The highest BCUT2D eigenvalue weighted by Gasteiger charge is 2.47. The predicted octanol–water partition coefficient (Wildman–Crippen LogP) is 1.75. The number of carboxylic acids is 1. The van der Waals surface area contributed by atoms with E-state index in [4.69, 9.17) is 9.84 Å². The van der Waals surface area contributed by atoms with Crippen molar-refractivity contribution in [1.82, 2.24) is 4.90 Å². The van der Waals surface area contributed by atoms with E-state index in [9.17, 15) is 18.0 Å². The highest BCUT2D eigenvalue weighted by atomic mass is 19.4. The highest BCUT2D eigenvalue weighted by Crippen LogP contribution is 2.29. The third-order valence-electron chi connectivity index (χ3n) is 3.16. The fourth-order valence-corrected chi connectivity index (χ4v) is 2.07. The number of ether oxygens (including phenoxy) is 1. The largest absolute Gasteiger partial charge is 0.481 e. The standard InChI is InChI=1S/C11H18F3NO3/c1-3-8-6-18-7(2)4-15(8)5-9(10(16)17)11(12,13)14/h7-9H,3-6H2,1-2H3,(H,16,17). The van der Waals surface area contributed by atoms with Gasteiger partial charge in [-0.3, -0.25) is 9.69 Å². The summed E-state index contributed by atoms with van der Waals surface area (Å²) >= 11 is 0. The van der Waals surface area contributed by atoms with Crippen LogP contribution in [0.15, 0.2) is 0 Å². The topological polar surface area (TPSA) is 49.8 Å². The lowest BCUT2D eigenvalue weighted by atomic mass is 10.0. The summed E-state index contributed by atoms with van der Waals surface area (Å²) in [5.41, 5.74) is 0. The second-order valence-corrected chi connectivity index (χ2v) is 4.59. The van der Waals surface area contributed by atoms with Crippen molar-refractivity contribution < 1.29 is 27.8 Å². The fraction of sp³-hybridized carbons (Fsp3) is 0.909. The van der Waals surface area contributed by atoms with Crippen molar-refractivity contribution in [2.75, 3.05) is 19.7 Å². The molecule has 3 unspecified atom stereocenters. The summed E-state index contributed by atoms with van der Waals surface area (Å²) in [6.07, 6.45) is -4.25. The number of alkyl halides is 3. The van der Waals surface area contributed by atoms with Gasteiger partial charge in [0.25, 0.3) is 0 Å². The highest BCUT2D eigenvalue weighted by molar-refractivity contribution is 5.71. The van der Waals surface area contributed by atoms with Gasteiger partial charge in [-0.05, 0) is 13.3 Å². The lowest BCUT2D eigenvalue weighted by Gasteiger charge is -2.39. The Kier molecular flexibility index (Phi) is 4.98. The lowest BCUT2D eigenvalue weighted by molar-refractivity contribution is -0.200. The molecule has 1 saturated heterocycles. The molecule has 1 N–H and O–H groups in total. The van der Waals surface area contributed by atoms with Crippen molar-refractivity contribution in [2.45, 2.75) is 38.6 Å². The Labute approximate surface area is 104 Å². The number of carbonyl (C=O) groups is 1. The summed E-state index contributed by atoms with van der Waals surface area (Å²) in [6.45, 7) is 3.79. The van der Waals surface area contributed by atoms with Crippen molar-refractivity contribution in [3.8, 4) is 0 Å². The molecule has 106 valence electrons. The zero-order valence-electron chi connectivity index (χ0n) is 10.4. The van der Waals surface area contributed by atoms with Crippen LogP contribution in [0.5, 0.6) is 0 Å². The fourth-order valence-electron chi connectivity index (χ4n) is 2.07. The molecule has 18 heavy (non-hydrogen) atoms. The van der Waals surface area contributed by atoms with Crippen LogP contribution in [0, 0.1) is 5.92 Å². The molecule has 0 bridgehead atoms. The van der Waals surface area contributed by atoms with Crippen LogP contribution in [0.25, 0.3) is 0 Å². The number of hydrogen-bond donors (Lipinski definition) is 1. The first-order chi connectivity index (χ1) is 8.25. The predicted molar refractivity (Wildman–Crippen MR) is 58.2 cm³/mol. The van der Waals surface area contributed by atoms with E-state index in [-0.39, 0.29) is 12.1 Å². The van der Waals surface area contributed by atoms with Gasteiger partial charge < -0.3 is 9.84 Å². The summed E-state index contributed by atoms with van der Waals surface area (Å²) in [5.74, 6) is -4.16. The summed E-state index contributed by atoms with van der Waals surface area (Å²) in [7, 11) is 0. The van der Waals surface area contributed by atoms with Crippen molar-refractivity contribution in [2.24, 2.45) is 5.92 Å². The van der Waals surface area contributed by atoms with Gasteiger partial charge in [0, 0.05) is 19.1 Å². The van der Waals surface area contributed by atoms with Gasteiger partial charge in [0.05, 0.1) is 12.7 Å². The zero-order chi connectivity index (χ0) is 13.9. The molecule has 1 heterocycles. The molecule has 0 aromatic heterocycles. The Morgan fingerprint density at radius 3 is 2.61 bits per heavy atom. The molecule has 7 heteroatoms. The molecular formula is C11H18F3NO3. The molecule has 0 amide bonds. The van der Waals surface area contributed by atoms with Gasteiger partial charge in [0.15, 0.2) is 5.92 Å². The van der Waals surface area contributed by atoms with Crippen molar-refractivity contribution in [3.05, 3.63) is 0 Å². The summed E-state index contributed by atoms with van der Waals surface area (Å²) < 4.78 is 43.2. The molecule has 1 fully saturated rings. The number of carboxylic acid groups (broad SMARTS) is 1. The molecule has 0 aromatic rings. The van der Waals surface area contributed by atoms with Gasteiger partial charge in [-0.2, -0.15) is 13.2 Å². The summed E-state index contributed by atoms with van der Waals surface area (Å²) in [6, 6.07) is -0.148. The number of halogens is 3. The maximum atomic E-state index is 12.6. The molecule has 3 atom stereocenters. The smallest absolute Gasteiger partial charge is 0.403 e.